The highest BCUT2D eigenvalue weighted by Gasteiger charge is 2.13. The van der Waals surface area contributed by atoms with Gasteiger partial charge in [0.1, 0.15) is 5.75 Å². The lowest BCUT2D eigenvalue weighted by Gasteiger charge is -2.13. The Bertz CT molecular complexity index is 1110. The number of rotatable bonds is 18. The van der Waals surface area contributed by atoms with E-state index in [1.165, 1.54) is 69.1 Å². The number of unbranched alkanes of at least 4 members (excludes halogenated alkanes) is 11. The third kappa shape index (κ3) is 11.2. The first-order chi connectivity index (χ1) is 18.5. The summed E-state index contributed by atoms with van der Waals surface area (Å²) in [6.07, 6.45) is 17.8. The van der Waals surface area contributed by atoms with E-state index in [9.17, 15) is 4.79 Å². The first kappa shape index (κ1) is 30.2. The van der Waals surface area contributed by atoms with Gasteiger partial charge in [-0.05, 0) is 37.6 Å². The summed E-state index contributed by atoms with van der Waals surface area (Å²) < 4.78 is 8.19. The Labute approximate surface area is 238 Å². The molecule has 0 atom stereocenters. The number of thiazole rings is 1. The van der Waals surface area contributed by atoms with Crippen molar-refractivity contribution in [2.24, 2.45) is 0 Å². The second kappa shape index (κ2) is 17.3. The van der Waals surface area contributed by atoms with Crippen LogP contribution in [0.2, 0.25) is 5.02 Å². The van der Waals surface area contributed by atoms with Crippen molar-refractivity contribution in [3.63, 3.8) is 0 Å². The Kier molecular flexibility index (Phi) is 13.7. The molecule has 0 unspecified atom stereocenters. The molecule has 2 aromatic carbocycles. The van der Waals surface area contributed by atoms with E-state index in [4.69, 9.17) is 16.3 Å². The molecule has 1 heterocycles. The molecule has 0 fully saturated rings. The van der Waals surface area contributed by atoms with Crippen molar-refractivity contribution in [2.45, 2.75) is 97.4 Å². The van der Waals surface area contributed by atoms with Gasteiger partial charge in [0.2, 0.25) is 5.51 Å². The van der Waals surface area contributed by atoms with Crippen LogP contribution in [0.5, 0.6) is 5.75 Å². The minimum atomic E-state index is -0.157. The van der Waals surface area contributed by atoms with E-state index in [-0.39, 0.29) is 5.91 Å². The summed E-state index contributed by atoms with van der Waals surface area (Å²) in [7, 11) is 0. The topological polar surface area (TPSA) is 42.2 Å². The zero-order valence-electron chi connectivity index (χ0n) is 23.1. The van der Waals surface area contributed by atoms with Crippen molar-refractivity contribution in [1.29, 1.82) is 0 Å². The van der Waals surface area contributed by atoms with Gasteiger partial charge in [-0.1, -0.05) is 113 Å². The first-order valence-electron chi connectivity index (χ1n) is 14.3. The fourth-order valence-corrected chi connectivity index (χ4v) is 5.38. The van der Waals surface area contributed by atoms with E-state index < -0.39 is 0 Å². The van der Waals surface area contributed by atoms with E-state index in [0.29, 0.717) is 28.6 Å². The molecule has 0 aliphatic rings. The molecule has 1 aromatic heterocycles. The summed E-state index contributed by atoms with van der Waals surface area (Å²) in [5.41, 5.74) is 4.44. The quantitative estimate of drug-likeness (QED) is 0.125. The molecule has 3 aromatic rings. The highest BCUT2D eigenvalue weighted by molar-refractivity contribution is 7.09. The standard InChI is InChI=1S/C32H43ClN2O2S/c1-3-4-5-6-7-8-9-10-11-12-13-14-20-37-31-22-29(33)18-19-30(31)34-32(36)28-17-15-16-27(21-28)24-35-23-26(2)38-25-35/h15-19,21-23,25H,3-14,20,24H2,1-2H3/p+1. The van der Waals surface area contributed by atoms with Crippen LogP contribution in [-0.2, 0) is 6.54 Å². The van der Waals surface area contributed by atoms with Crippen molar-refractivity contribution in [2.75, 3.05) is 11.9 Å². The van der Waals surface area contributed by atoms with Crippen LogP contribution in [0.15, 0.2) is 54.2 Å². The van der Waals surface area contributed by atoms with Crippen LogP contribution in [0, 0.1) is 6.92 Å². The number of aromatic nitrogens is 1. The molecule has 0 saturated carbocycles. The normalized spacial score (nSPS) is 11.0. The van der Waals surface area contributed by atoms with Crippen LogP contribution in [0.4, 0.5) is 5.69 Å². The molecule has 1 amide bonds. The van der Waals surface area contributed by atoms with Gasteiger partial charge in [0.05, 0.1) is 17.2 Å². The summed E-state index contributed by atoms with van der Waals surface area (Å²) in [4.78, 5) is 14.3. The maximum absolute atomic E-state index is 13.0. The van der Waals surface area contributed by atoms with Gasteiger partial charge < -0.3 is 10.1 Å². The van der Waals surface area contributed by atoms with E-state index >= 15 is 0 Å². The molecule has 1 N–H and O–H groups in total. The fraction of sp³-hybridized carbons (Fsp3) is 0.500. The van der Waals surface area contributed by atoms with Gasteiger partial charge in [0.15, 0.2) is 12.7 Å². The van der Waals surface area contributed by atoms with Crippen LogP contribution in [-0.4, -0.2) is 12.5 Å². The molecule has 0 spiro atoms. The predicted octanol–water partition coefficient (Wildman–Crippen LogP) is 9.38. The number of ether oxygens (including phenoxy) is 1. The SMILES string of the molecule is CCCCCCCCCCCCCCOc1cc(Cl)ccc1NC(=O)c1cccc(C[n+]2csc(C)c2)c1. The van der Waals surface area contributed by atoms with Gasteiger partial charge in [-0.3, -0.25) is 4.79 Å². The summed E-state index contributed by atoms with van der Waals surface area (Å²) in [6, 6.07) is 13.1. The maximum Gasteiger partial charge on any atom is 0.255 e. The maximum atomic E-state index is 13.0. The fourth-order valence-electron chi connectivity index (χ4n) is 4.59. The molecule has 0 radical (unpaired) electrons. The van der Waals surface area contributed by atoms with E-state index in [2.05, 4.69) is 35.4 Å². The lowest BCUT2D eigenvalue weighted by Crippen LogP contribution is -2.30. The zero-order valence-corrected chi connectivity index (χ0v) is 24.7. The van der Waals surface area contributed by atoms with Crippen molar-refractivity contribution in [1.82, 2.24) is 0 Å². The molecule has 0 saturated heterocycles. The highest BCUT2D eigenvalue weighted by atomic mass is 35.5. The van der Waals surface area contributed by atoms with Gasteiger partial charge in [-0.2, -0.15) is 4.57 Å². The van der Waals surface area contributed by atoms with Crippen LogP contribution >= 0.6 is 22.9 Å². The lowest BCUT2D eigenvalue weighted by molar-refractivity contribution is -0.683. The minimum Gasteiger partial charge on any atom is -0.491 e. The number of carbonyl (C=O) groups excluding carboxylic acids is 1. The van der Waals surface area contributed by atoms with Crippen LogP contribution < -0.4 is 14.6 Å². The Morgan fingerprint density at radius 1 is 0.921 bits per heavy atom. The van der Waals surface area contributed by atoms with Gasteiger partial charge in [-0.15, -0.1) is 0 Å². The third-order valence-corrected chi connectivity index (χ3v) is 7.81. The Morgan fingerprint density at radius 2 is 1.61 bits per heavy atom. The highest BCUT2D eigenvalue weighted by Crippen LogP contribution is 2.29. The summed E-state index contributed by atoms with van der Waals surface area (Å²) >= 11 is 7.95. The molecule has 4 nitrogen and oxygen atoms in total. The van der Waals surface area contributed by atoms with E-state index in [0.717, 1.165) is 24.9 Å². The van der Waals surface area contributed by atoms with Gasteiger partial charge in [-0.25, -0.2) is 0 Å². The number of hydrogen-bond acceptors (Lipinski definition) is 3. The number of aryl methyl sites for hydroxylation is 1. The van der Waals surface area contributed by atoms with Gasteiger partial charge >= 0.3 is 0 Å². The number of halogens is 1. The van der Waals surface area contributed by atoms with Crippen molar-refractivity contribution in [3.05, 3.63) is 75.2 Å². The summed E-state index contributed by atoms with van der Waals surface area (Å²) in [6.45, 7) is 5.72. The number of hydrogen-bond donors (Lipinski definition) is 1. The van der Waals surface area contributed by atoms with Crippen molar-refractivity contribution >= 4 is 34.5 Å². The third-order valence-electron chi connectivity index (χ3n) is 6.72. The molecule has 38 heavy (non-hydrogen) atoms. The molecular weight excluding hydrogens is 512 g/mol. The molecule has 6 heteroatoms. The molecule has 0 aliphatic carbocycles. The molecule has 206 valence electrons. The van der Waals surface area contributed by atoms with E-state index in [1.807, 2.05) is 30.3 Å². The van der Waals surface area contributed by atoms with Crippen LogP contribution in [0.25, 0.3) is 0 Å². The summed E-state index contributed by atoms with van der Waals surface area (Å²) in [5, 5.41) is 3.61. The first-order valence-corrected chi connectivity index (χ1v) is 15.6. The number of amides is 1. The monoisotopic (exact) mass is 555 g/mol. The second-order valence-electron chi connectivity index (χ2n) is 10.2. The smallest absolute Gasteiger partial charge is 0.255 e. The Balaban J connectivity index is 1.40. The largest absolute Gasteiger partial charge is 0.491 e. The number of nitrogens with zero attached hydrogens (tertiary/aromatic N) is 1. The molecule has 3 rings (SSSR count). The van der Waals surface area contributed by atoms with Crippen LogP contribution in [0.3, 0.4) is 0 Å². The number of benzene rings is 2. The number of nitrogens with one attached hydrogen (secondary N) is 1. The van der Waals surface area contributed by atoms with Gasteiger partial charge in [0.25, 0.3) is 5.91 Å². The van der Waals surface area contributed by atoms with Crippen molar-refractivity contribution in [3.8, 4) is 5.75 Å². The number of anilines is 1. The predicted molar refractivity (Wildman–Crippen MR) is 161 cm³/mol. The van der Waals surface area contributed by atoms with E-state index in [1.54, 1.807) is 23.5 Å². The lowest BCUT2D eigenvalue weighted by atomic mass is 10.1. The molecule has 0 bridgehead atoms. The zero-order chi connectivity index (χ0) is 27.0. The van der Waals surface area contributed by atoms with Gasteiger partial charge in [0, 0.05) is 22.2 Å². The molecule has 0 aliphatic heterocycles. The Morgan fingerprint density at radius 3 is 2.26 bits per heavy atom. The Hall–Kier alpha value is -2.37. The summed E-state index contributed by atoms with van der Waals surface area (Å²) in [5.74, 6) is 0.463. The second-order valence-corrected chi connectivity index (χ2v) is 11.7. The number of carbonyl (C=O) groups is 1. The molecular formula is C32H44ClN2O2S+. The average molecular weight is 556 g/mol. The average Bonchev–Trinajstić information content (AvgIpc) is 3.32. The minimum absolute atomic E-state index is 0.157. The van der Waals surface area contributed by atoms with Crippen LogP contribution in [0.1, 0.15) is 105 Å². The van der Waals surface area contributed by atoms with Crippen molar-refractivity contribution < 1.29 is 14.1 Å².